The number of hydrogen-bond acceptors (Lipinski definition) is 2. The van der Waals surface area contributed by atoms with E-state index in [1.165, 1.54) is 0 Å². The zero-order valence-corrected chi connectivity index (χ0v) is 10.1. The van der Waals surface area contributed by atoms with Gasteiger partial charge in [0, 0.05) is 22.9 Å². The highest BCUT2D eigenvalue weighted by Gasteiger charge is 2.47. The maximum atomic E-state index is 12.0. The molecule has 0 bridgehead atoms. The van der Waals surface area contributed by atoms with Crippen LogP contribution in [0.2, 0.25) is 0 Å². The van der Waals surface area contributed by atoms with E-state index in [0.29, 0.717) is 13.0 Å². The Morgan fingerprint density at radius 1 is 1.40 bits per heavy atom. The summed E-state index contributed by atoms with van der Waals surface area (Å²) in [7, 11) is 0. The normalized spacial score (nSPS) is 17.5. The van der Waals surface area contributed by atoms with Crippen LogP contribution in [-0.2, 0) is 11.2 Å². The van der Waals surface area contributed by atoms with Gasteiger partial charge in [-0.1, -0.05) is 34.1 Å². The van der Waals surface area contributed by atoms with Crippen molar-refractivity contribution in [3.05, 3.63) is 34.3 Å². The lowest BCUT2D eigenvalue weighted by Crippen LogP contribution is -2.26. The summed E-state index contributed by atoms with van der Waals surface area (Å²) in [6, 6.07) is 7.85. The summed E-state index contributed by atoms with van der Waals surface area (Å²) in [5.74, 6) is 0.289. The van der Waals surface area contributed by atoms with Crippen molar-refractivity contribution in [2.75, 3.05) is 6.54 Å². The van der Waals surface area contributed by atoms with Crippen molar-refractivity contribution in [3.63, 3.8) is 0 Å². The van der Waals surface area contributed by atoms with Gasteiger partial charge in [-0.2, -0.15) is 0 Å². The molecule has 1 aliphatic rings. The molecule has 0 spiro atoms. The SMILES string of the molecule is NCC1(C(=O)Cc2ccccc2Br)CC1. The Hall–Kier alpha value is -0.670. The standard InChI is InChI=1S/C12H14BrNO/c13-10-4-2-1-3-9(10)7-11(15)12(8-14)5-6-12/h1-4H,5-8,14H2. The van der Waals surface area contributed by atoms with Gasteiger partial charge >= 0.3 is 0 Å². The zero-order valence-electron chi connectivity index (χ0n) is 8.50. The first-order valence-corrected chi connectivity index (χ1v) is 5.94. The van der Waals surface area contributed by atoms with Crippen molar-refractivity contribution in [1.29, 1.82) is 0 Å². The highest BCUT2D eigenvalue weighted by atomic mass is 79.9. The van der Waals surface area contributed by atoms with Crippen LogP contribution < -0.4 is 5.73 Å². The molecule has 15 heavy (non-hydrogen) atoms. The average Bonchev–Trinajstić information content (AvgIpc) is 3.02. The molecule has 0 unspecified atom stereocenters. The smallest absolute Gasteiger partial charge is 0.144 e. The van der Waals surface area contributed by atoms with Crippen molar-refractivity contribution in [1.82, 2.24) is 0 Å². The summed E-state index contributed by atoms with van der Waals surface area (Å²) in [6.45, 7) is 0.496. The number of rotatable bonds is 4. The van der Waals surface area contributed by atoms with Gasteiger partial charge in [-0.25, -0.2) is 0 Å². The highest BCUT2D eigenvalue weighted by molar-refractivity contribution is 9.10. The van der Waals surface area contributed by atoms with Gasteiger partial charge in [-0.3, -0.25) is 4.79 Å². The topological polar surface area (TPSA) is 43.1 Å². The predicted octanol–water partition coefficient (Wildman–Crippen LogP) is 2.30. The van der Waals surface area contributed by atoms with Crippen LogP contribution in [0.3, 0.4) is 0 Å². The van der Waals surface area contributed by atoms with Crippen LogP contribution >= 0.6 is 15.9 Å². The van der Waals surface area contributed by atoms with E-state index in [1.54, 1.807) is 0 Å². The molecule has 0 atom stereocenters. The Labute approximate surface area is 98.0 Å². The second-order valence-corrected chi connectivity index (χ2v) is 5.03. The zero-order chi connectivity index (χ0) is 10.9. The number of carbonyl (C=O) groups is 1. The molecule has 1 aromatic carbocycles. The molecule has 0 amide bonds. The largest absolute Gasteiger partial charge is 0.329 e. The lowest BCUT2D eigenvalue weighted by atomic mass is 9.95. The highest BCUT2D eigenvalue weighted by Crippen LogP contribution is 2.46. The Bertz CT molecular complexity index is 385. The van der Waals surface area contributed by atoms with Crippen LogP contribution in [0.5, 0.6) is 0 Å². The van der Waals surface area contributed by atoms with Crippen molar-refractivity contribution < 1.29 is 4.79 Å². The summed E-state index contributed by atoms with van der Waals surface area (Å²) in [5, 5.41) is 0. The third-order valence-corrected chi connectivity index (χ3v) is 3.92. The Morgan fingerprint density at radius 2 is 2.07 bits per heavy atom. The molecule has 0 heterocycles. The van der Waals surface area contributed by atoms with E-state index in [2.05, 4.69) is 15.9 Å². The van der Waals surface area contributed by atoms with Gasteiger partial charge < -0.3 is 5.73 Å². The minimum atomic E-state index is -0.185. The number of ketones is 1. The van der Waals surface area contributed by atoms with Crippen molar-refractivity contribution in [2.24, 2.45) is 11.1 Å². The summed E-state index contributed by atoms with van der Waals surface area (Å²) < 4.78 is 1.01. The summed E-state index contributed by atoms with van der Waals surface area (Å²) >= 11 is 3.45. The lowest BCUT2D eigenvalue weighted by Gasteiger charge is -2.11. The minimum Gasteiger partial charge on any atom is -0.329 e. The van der Waals surface area contributed by atoms with E-state index in [-0.39, 0.29) is 11.2 Å². The fourth-order valence-corrected chi connectivity index (χ4v) is 2.17. The van der Waals surface area contributed by atoms with Crippen LogP contribution in [0.1, 0.15) is 18.4 Å². The van der Waals surface area contributed by atoms with Crippen LogP contribution in [0.4, 0.5) is 0 Å². The first-order chi connectivity index (χ1) is 7.18. The molecule has 0 aromatic heterocycles. The Morgan fingerprint density at radius 3 is 2.60 bits per heavy atom. The van der Waals surface area contributed by atoms with Crippen LogP contribution in [0.25, 0.3) is 0 Å². The molecule has 0 saturated heterocycles. The van der Waals surface area contributed by atoms with Crippen molar-refractivity contribution in [3.8, 4) is 0 Å². The molecule has 1 fully saturated rings. The maximum absolute atomic E-state index is 12.0. The molecule has 2 nitrogen and oxygen atoms in total. The van der Waals surface area contributed by atoms with Crippen LogP contribution in [0.15, 0.2) is 28.7 Å². The quantitative estimate of drug-likeness (QED) is 0.910. The van der Waals surface area contributed by atoms with Gasteiger partial charge in [0.2, 0.25) is 0 Å². The number of carbonyl (C=O) groups excluding carboxylic acids is 1. The molecular weight excluding hydrogens is 254 g/mol. The predicted molar refractivity (Wildman–Crippen MR) is 63.6 cm³/mol. The minimum absolute atomic E-state index is 0.185. The molecule has 0 aliphatic heterocycles. The third kappa shape index (κ3) is 2.13. The third-order valence-electron chi connectivity index (χ3n) is 3.14. The van der Waals surface area contributed by atoms with Gasteiger partial charge in [0.15, 0.2) is 0 Å². The summed E-state index contributed by atoms with van der Waals surface area (Å²) in [5.41, 5.74) is 6.50. The molecule has 2 N–H and O–H groups in total. The number of nitrogens with two attached hydrogens (primary N) is 1. The molecule has 1 aromatic rings. The molecule has 80 valence electrons. The van der Waals surface area contributed by atoms with Crippen molar-refractivity contribution >= 4 is 21.7 Å². The van der Waals surface area contributed by atoms with E-state index < -0.39 is 0 Å². The molecule has 1 aliphatic carbocycles. The first-order valence-electron chi connectivity index (χ1n) is 5.15. The number of benzene rings is 1. The summed E-state index contributed by atoms with van der Waals surface area (Å²) in [4.78, 5) is 12.0. The van der Waals surface area contributed by atoms with E-state index in [0.717, 1.165) is 22.9 Å². The second-order valence-electron chi connectivity index (χ2n) is 4.18. The molecule has 2 rings (SSSR count). The van der Waals surface area contributed by atoms with Gasteiger partial charge in [0.1, 0.15) is 5.78 Å². The molecular formula is C12H14BrNO. The van der Waals surface area contributed by atoms with E-state index >= 15 is 0 Å². The Balaban J connectivity index is 2.10. The average molecular weight is 268 g/mol. The van der Waals surface area contributed by atoms with Gasteiger partial charge in [0.25, 0.3) is 0 Å². The monoisotopic (exact) mass is 267 g/mol. The fourth-order valence-electron chi connectivity index (χ4n) is 1.75. The van der Waals surface area contributed by atoms with Crippen molar-refractivity contribution in [2.45, 2.75) is 19.3 Å². The number of Topliss-reactive ketones (excluding diaryl/α,β-unsaturated/α-hetero) is 1. The van der Waals surface area contributed by atoms with Gasteiger partial charge in [-0.15, -0.1) is 0 Å². The second kappa shape index (κ2) is 4.06. The van der Waals surface area contributed by atoms with E-state index in [9.17, 15) is 4.79 Å². The maximum Gasteiger partial charge on any atom is 0.144 e. The number of hydrogen-bond donors (Lipinski definition) is 1. The van der Waals surface area contributed by atoms with E-state index in [1.807, 2.05) is 24.3 Å². The molecule has 1 saturated carbocycles. The summed E-state index contributed by atoms with van der Waals surface area (Å²) in [6.07, 6.45) is 2.43. The van der Waals surface area contributed by atoms with Crippen LogP contribution in [0, 0.1) is 5.41 Å². The molecule has 3 heteroatoms. The van der Waals surface area contributed by atoms with E-state index in [4.69, 9.17) is 5.73 Å². The fraction of sp³-hybridized carbons (Fsp3) is 0.417. The lowest BCUT2D eigenvalue weighted by molar-refractivity contribution is -0.123. The van der Waals surface area contributed by atoms with Gasteiger partial charge in [0.05, 0.1) is 0 Å². The number of halogens is 1. The van der Waals surface area contributed by atoms with Crippen LogP contribution in [-0.4, -0.2) is 12.3 Å². The first kappa shape index (κ1) is 10.8. The Kier molecular flexibility index (Phi) is 2.94. The molecule has 0 radical (unpaired) electrons. The van der Waals surface area contributed by atoms with Gasteiger partial charge in [-0.05, 0) is 24.5 Å².